The van der Waals surface area contributed by atoms with Crippen LogP contribution >= 0.6 is 46.6 Å². The maximum Gasteiger partial charge on any atom is 0.255 e. The Morgan fingerprint density at radius 2 is 1.65 bits per heavy atom. The highest BCUT2D eigenvalue weighted by molar-refractivity contribution is 7.98. The molecule has 0 aliphatic rings. The number of hydrogen-bond donors (Lipinski definition) is 1. The minimum Gasteiger partial charge on any atom is -0.272 e. The number of benzene rings is 3. The molecule has 0 aromatic heterocycles. The molecule has 1 N–H and O–H groups in total. The van der Waals surface area contributed by atoms with Gasteiger partial charge in [0, 0.05) is 26.5 Å². The SMILES string of the molecule is CSc1ccc(/C=N\NC(=O)CN(Cc2ccc(Cl)cc2Cl)S(=O)(=O)c2ccc(Cl)cc2)cc1. The third-order valence-corrected chi connectivity index (χ3v) is 8.04. The summed E-state index contributed by atoms with van der Waals surface area (Å²) >= 11 is 19.7. The van der Waals surface area contributed by atoms with Gasteiger partial charge < -0.3 is 0 Å². The first kappa shape index (κ1) is 26.5. The van der Waals surface area contributed by atoms with Crippen LogP contribution in [-0.4, -0.2) is 37.6 Å². The van der Waals surface area contributed by atoms with Gasteiger partial charge in [0.05, 0.1) is 17.7 Å². The fourth-order valence-corrected chi connectivity index (χ4v) is 5.26. The van der Waals surface area contributed by atoms with E-state index < -0.39 is 22.5 Å². The summed E-state index contributed by atoms with van der Waals surface area (Å²) in [6.45, 7) is -0.624. The zero-order chi connectivity index (χ0) is 24.7. The Morgan fingerprint density at radius 1 is 1.00 bits per heavy atom. The van der Waals surface area contributed by atoms with Crippen LogP contribution in [0.3, 0.4) is 0 Å². The molecule has 0 heterocycles. The lowest BCUT2D eigenvalue weighted by atomic mass is 10.2. The van der Waals surface area contributed by atoms with Crippen LogP contribution in [0, 0.1) is 0 Å². The molecule has 6 nitrogen and oxygen atoms in total. The summed E-state index contributed by atoms with van der Waals surface area (Å²) in [6, 6.07) is 18.0. The van der Waals surface area contributed by atoms with E-state index in [1.54, 1.807) is 23.9 Å². The third-order valence-electron chi connectivity index (χ3n) is 4.65. The molecular formula is C23H20Cl3N3O3S2. The third kappa shape index (κ3) is 7.21. The van der Waals surface area contributed by atoms with Gasteiger partial charge in [-0.2, -0.15) is 9.41 Å². The summed E-state index contributed by atoms with van der Waals surface area (Å²) in [4.78, 5) is 13.7. The van der Waals surface area contributed by atoms with Crippen LogP contribution in [0.1, 0.15) is 11.1 Å². The van der Waals surface area contributed by atoms with Crippen molar-refractivity contribution in [3.63, 3.8) is 0 Å². The highest BCUT2D eigenvalue weighted by Crippen LogP contribution is 2.25. The van der Waals surface area contributed by atoms with E-state index in [4.69, 9.17) is 34.8 Å². The molecule has 178 valence electrons. The van der Waals surface area contributed by atoms with E-state index in [0.717, 1.165) is 14.8 Å². The molecule has 0 spiro atoms. The molecule has 3 aromatic carbocycles. The van der Waals surface area contributed by atoms with Crippen molar-refractivity contribution in [1.29, 1.82) is 0 Å². The summed E-state index contributed by atoms with van der Waals surface area (Å²) in [5, 5.41) is 5.03. The van der Waals surface area contributed by atoms with Crippen LogP contribution in [0.4, 0.5) is 0 Å². The number of rotatable bonds is 9. The zero-order valence-electron chi connectivity index (χ0n) is 17.9. The Kier molecular flexibility index (Phi) is 9.41. The molecule has 0 saturated carbocycles. The molecule has 0 atom stereocenters. The van der Waals surface area contributed by atoms with Gasteiger partial charge in [-0.15, -0.1) is 11.8 Å². The number of amides is 1. The molecule has 0 aliphatic heterocycles. The standard InChI is InChI=1S/C23H20Cl3N3O3S2/c1-33-20-8-2-16(3-9-20)13-27-28-23(30)15-29(14-17-4-5-19(25)12-22(17)26)34(31,32)21-10-6-18(24)7-11-21/h2-13H,14-15H2,1H3,(H,28,30)/b27-13-. The number of carbonyl (C=O) groups excluding carboxylic acids is 1. The number of thioether (sulfide) groups is 1. The molecule has 34 heavy (non-hydrogen) atoms. The highest BCUT2D eigenvalue weighted by atomic mass is 35.5. The molecule has 11 heteroatoms. The van der Waals surface area contributed by atoms with E-state index >= 15 is 0 Å². The molecule has 0 aliphatic carbocycles. The second kappa shape index (κ2) is 12.1. The fourth-order valence-electron chi connectivity index (χ4n) is 2.89. The largest absolute Gasteiger partial charge is 0.272 e. The Balaban J connectivity index is 1.80. The van der Waals surface area contributed by atoms with Crippen molar-refractivity contribution in [3.05, 3.63) is 92.9 Å². The Hall–Kier alpha value is -2.07. The van der Waals surface area contributed by atoms with E-state index in [-0.39, 0.29) is 16.5 Å². The molecular weight excluding hydrogens is 537 g/mol. The zero-order valence-corrected chi connectivity index (χ0v) is 21.8. The van der Waals surface area contributed by atoms with Crippen LogP contribution in [0.15, 0.2) is 81.6 Å². The number of halogens is 3. The first-order valence-corrected chi connectivity index (χ1v) is 13.6. The van der Waals surface area contributed by atoms with Gasteiger partial charge in [-0.1, -0.05) is 53.0 Å². The lowest BCUT2D eigenvalue weighted by molar-refractivity contribution is -0.121. The lowest BCUT2D eigenvalue weighted by Gasteiger charge is -2.22. The normalized spacial score (nSPS) is 11.8. The van der Waals surface area contributed by atoms with Gasteiger partial charge in [-0.25, -0.2) is 13.8 Å². The Bertz CT molecular complexity index is 1280. The van der Waals surface area contributed by atoms with Crippen molar-refractivity contribution >= 4 is 68.7 Å². The van der Waals surface area contributed by atoms with Gasteiger partial charge in [0.2, 0.25) is 10.0 Å². The van der Waals surface area contributed by atoms with Crippen molar-refractivity contribution in [2.75, 3.05) is 12.8 Å². The predicted octanol–water partition coefficient (Wildman–Crippen LogP) is 5.71. The first-order valence-electron chi connectivity index (χ1n) is 9.84. The van der Waals surface area contributed by atoms with Gasteiger partial charge in [-0.3, -0.25) is 4.79 Å². The Morgan fingerprint density at radius 3 is 2.26 bits per heavy atom. The molecule has 0 bridgehead atoms. The first-order chi connectivity index (χ1) is 16.2. The molecule has 3 rings (SSSR count). The highest BCUT2D eigenvalue weighted by Gasteiger charge is 2.27. The van der Waals surface area contributed by atoms with Crippen LogP contribution in [0.2, 0.25) is 15.1 Å². The maximum atomic E-state index is 13.3. The number of sulfonamides is 1. The van der Waals surface area contributed by atoms with Gasteiger partial charge in [0.15, 0.2) is 0 Å². The second-order valence-electron chi connectivity index (χ2n) is 7.03. The van der Waals surface area contributed by atoms with Crippen molar-refractivity contribution in [1.82, 2.24) is 9.73 Å². The monoisotopic (exact) mass is 555 g/mol. The van der Waals surface area contributed by atoms with E-state index in [0.29, 0.717) is 15.6 Å². The maximum absolute atomic E-state index is 13.3. The average molecular weight is 557 g/mol. The van der Waals surface area contributed by atoms with E-state index in [1.807, 2.05) is 30.5 Å². The lowest BCUT2D eigenvalue weighted by Crippen LogP contribution is -2.39. The molecule has 0 unspecified atom stereocenters. The van der Waals surface area contributed by atoms with E-state index in [1.165, 1.54) is 36.5 Å². The topological polar surface area (TPSA) is 78.8 Å². The van der Waals surface area contributed by atoms with Crippen molar-refractivity contribution < 1.29 is 13.2 Å². The van der Waals surface area contributed by atoms with Gasteiger partial charge in [-0.05, 0) is 65.9 Å². The minimum atomic E-state index is -4.05. The van der Waals surface area contributed by atoms with Gasteiger partial charge in [0.1, 0.15) is 0 Å². The average Bonchev–Trinajstić information content (AvgIpc) is 2.81. The number of hydrazone groups is 1. The van der Waals surface area contributed by atoms with Crippen LogP contribution in [0.25, 0.3) is 0 Å². The van der Waals surface area contributed by atoms with Crippen molar-refractivity contribution in [2.45, 2.75) is 16.3 Å². The number of carbonyl (C=O) groups is 1. The van der Waals surface area contributed by atoms with Crippen LogP contribution < -0.4 is 5.43 Å². The van der Waals surface area contributed by atoms with Crippen molar-refractivity contribution in [2.24, 2.45) is 5.10 Å². The summed E-state index contributed by atoms with van der Waals surface area (Å²) < 4.78 is 27.6. The summed E-state index contributed by atoms with van der Waals surface area (Å²) in [6.07, 6.45) is 3.46. The summed E-state index contributed by atoms with van der Waals surface area (Å²) in [7, 11) is -4.05. The van der Waals surface area contributed by atoms with Crippen LogP contribution in [0.5, 0.6) is 0 Å². The van der Waals surface area contributed by atoms with Gasteiger partial charge in [0.25, 0.3) is 5.91 Å². The van der Waals surface area contributed by atoms with E-state index in [2.05, 4.69) is 10.5 Å². The van der Waals surface area contributed by atoms with Gasteiger partial charge >= 0.3 is 0 Å². The number of hydrogen-bond acceptors (Lipinski definition) is 5. The second-order valence-corrected chi connectivity index (χ2v) is 11.1. The fraction of sp³-hybridized carbons (Fsp3) is 0.130. The smallest absolute Gasteiger partial charge is 0.255 e. The number of nitrogens with zero attached hydrogens (tertiary/aromatic N) is 2. The minimum absolute atomic E-state index is 0.00725. The van der Waals surface area contributed by atoms with Crippen LogP contribution in [-0.2, 0) is 21.4 Å². The molecule has 0 radical (unpaired) electrons. The molecule has 1 amide bonds. The molecule has 0 saturated heterocycles. The Labute approximate surface area is 218 Å². The predicted molar refractivity (Wildman–Crippen MR) is 139 cm³/mol. The quantitative estimate of drug-likeness (QED) is 0.208. The molecule has 0 fully saturated rings. The van der Waals surface area contributed by atoms with E-state index in [9.17, 15) is 13.2 Å². The summed E-state index contributed by atoms with van der Waals surface area (Å²) in [5.74, 6) is -0.611. The molecule has 3 aromatic rings. The summed E-state index contributed by atoms with van der Waals surface area (Å²) in [5.41, 5.74) is 3.66. The number of nitrogens with one attached hydrogen (secondary N) is 1. The van der Waals surface area contributed by atoms with Crippen molar-refractivity contribution in [3.8, 4) is 0 Å².